The van der Waals surface area contributed by atoms with Gasteiger partial charge in [0.2, 0.25) is 10.0 Å². The second kappa shape index (κ2) is 6.67. The van der Waals surface area contributed by atoms with E-state index >= 15 is 0 Å². The lowest BCUT2D eigenvalue weighted by atomic mass is 10.1. The molecule has 1 aliphatic rings. The number of nitrogens with one attached hydrogen (secondary N) is 2. The molecule has 2 N–H and O–H groups in total. The zero-order valence-electron chi connectivity index (χ0n) is 12.0. The van der Waals surface area contributed by atoms with Gasteiger partial charge < -0.3 is 10.1 Å². The average molecular weight is 298 g/mol. The highest BCUT2D eigenvalue weighted by Crippen LogP contribution is 2.20. The summed E-state index contributed by atoms with van der Waals surface area (Å²) in [6.45, 7) is 3.75. The Morgan fingerprint density at radius 3 is 2.65 bits per heavy atom. The van der Waals surface area contributed by atoms with Crippen LogP contribution in [0.25, 0.3) is 0 Å². The molecule has 0 radical (unpaired) electrons. The normalized spacial score (nSPS) is 17.3. The Morgan fingerprint density at radius 1 is 1.30 bits per heavy atom. The fourth-order valence-electron chi connectivity index (χ4n) is 2.43. The van der Waals surface area contributed by atoms with Crippen LogP contribution in [0.3, 0.4) is 0 Å². The Bertz CT molecular complexity index is 552. The molecule has 0 aromatic heterocycles. The molecule has 0 unspecified atom stereocenters. The third-order valence-electron chi connectivity index (χ3n) is 3.60. The van der Waals surface area contributed by atoms with E-state index in [2.05, 4.69) is 10.0 Å². The summed E-state index contributed by atoms with van der Waals surface area (Å²) < 4.78 is 33.1. The first kappa shape index (κ1) is 15.4. The second-order valence-electron chi connectivity index (χ2n) is 5.08. The molecule has 6 heteroatoms. The van der Waals surface area contributed by atoms with E-state index in [1.54, 1.807) is 12.1 Å². The van der Waals surface area contributed by atoms with Crippen LogP contribution in [0.5, 0.6) is 0 Å². The first-order valence-corrected chi connectivity index (χ1v) is 8.36. The Labute approximate surface area is 120 Å². The minimum Gasteiger partial charge on any atom is -0.381 e. The van der Waals surface area contributed by atoms with Crippen LogP contribution in [0.1, 0.15) is 24.0 Å². The van der Waals surface area contributed by atoms with E-state index < -0.39 is 10.0 Å². The van der Waals surface area contributed by atoms with Gasteiger partial charge in [-0.15, -0.1) is 0 Å². The van der Waals surface area contributed by atoms with E-state index in [-0.39, 0.29) is 6.04 Å². The van der Waals surface area contributed by atoms with Gasteiger partial charge in [-0.1, -0.05) is 12.1 Å². The molecule has 0 saturated carbocycles. The first-order chi connectivity index (χ1) is 9.54. The molecule has 0 spiro atoms. The highest BCUT2D eigenvalue weighted by molar-refractivity contribution is 7.89. The summed E-state index contributed by atoms with van der Waals surface area (Å²) in [7, 11) is -1.62. The van der Waals surface area contributed by atoms with Gasteiger partial charge in [0, 0.05) is 25.8 Å². The van der Waals surface area contributed by atoms with Crippen molar-refractivity contribution in [2.75, 3.05) is 20.3 Å². The fourth-order valence-corrected chi connectivity index (χ4v) is 4.02. The van der Waals surface area contributed by atoms with Crippen LogP contribution >= 0.6 is 0 Å². The number of benzene rings is 1. The number of hydrogen-bond acceptors (Lipinski definition) is 4. The lowest BCUT2D eigenvalue weighted by Crippen LogP contribution is -2.39. The molecular formula is C14H22N2O3S. The molecule has 1 fully saturated rings. The Kier molecular flexibility index (Phi) is 5.15. The molecule has 1 heterocycles. The molecule has 1 aromatic rings. The summed E-state index contributed by atoms with van der Waals surface area (Å²) >= 11 is 0. The van der Waals surface area contributed by atoms with Crippen LogP contribution in [-0.2, 0) is 21.3 Å². The van der Waals surface area contributed by atoms with Gasteiger partial charge in [-0.25, -0.2) is 13.1 Å². The zero-order valence-corrected chi connectivity index (χ0v) is 12.8. The van der Waals surface area contributed by atoms with E-state index in [4.69, 9.17) is 4.74 Å². The van der Waals surface area contributed by atoms with Gasteiger partial charge >= 0.3 is 0 Å². The predicted molar refractivity (Wildman–Crippen MR) is 78.1 cm³/mol. The quantitative estimate of drug-likeness (QED) is 0.856. The summed E-state index contributed by atoms with van der Waals surface area (Å²) in [5, 5.41) is 3.05. The van der Waals surface area contributed by atoms with Crippen molar-refractivity contribution in [2.24, 2.45) is 0 Å². The summed E-state index contributed by atoms with van der Waals surface area (Å²) in [5.41, 5.74) is 1.81. The number of hydrogen-bond donors (Lipinski definition) is 2. The van der Waals surface area contributed by atoms with Crippen molar-refractivity contribution in [1.29, 1.82) is 0 Å². The van der Waals surface area contributed by atoms with Crippen molar-refractivity contribution in [1.82, 2.24) is 10.0 Å². The van der Waals surface area contributed by atoms with Crippen LogP contribution in [0.15, 0.2) is 23.1 Å². The van der Waals surface area contributed by atoms with Gasteiger partial charge in [0.05, 0.1) is 4.90 Å². The van der Waals surface area contributed by atoms with Crippen molar-refractivity contribution >= 4 is 10.0 Å². The Morgan fingerprint density at radius 2 is 2.00 bits per heavy atom. The molecule has 1 aromatic carbocycles. The molecule has 0 aliphatic carbocycles. The minimum absolute atomic E-state index is 0.0268. The predicted octanol–water partition coefficient (Wildman–Crippen LogP) is 1.17. The molecule has 112 valence electrons. The van der Waals surface area contributed by atoms with Crippen molar-refractivity contribution in [2.45, 2.75) is 37.2 Å². The van der Waals surface area contributed by atoms with Gasteiger partial charge in [0.1, 0.15) is 0 Å². The smallest absolute Gasteiger partial charge is 0.241 e. The van der Waals surface area contributed by atoms with Crippen LogP contribution in [0.4, 0.5) is 0 Å². The zero-order chi connectivity index (χ0) is 14.6. The standard InChI is InChI=1S/C14H22N2O3S/c1-11-12(10-15-2)4-3-5-14(11)20(17,18)16-13-6-8-19-9-7-13/h3-5,13,15-16H,6-10H2,1-2H3. The molecule has 0 atom stereocenters. The SMILES string of the molecule is CNCc1cccc(S(=O)(=O)NC2CCOCC2)c1C. The monoisotopic (exact) mass is 298 g/mol. The Balaban J connectivity index is 2.22. The van der Waals surface area contributed by atoms with E-state index in [1.807, 2.05) is 20.0 Å². The van der Waals surface area contributed by atoms with Crippen molar-refractivity contribution < 1.29 is 13.2 Å². The minimum atomic E-state index is -3.46. The molecule has 5 nitrogen and oxygen atoms in total. The second-order valence-corrected chi connectivity index (χ2v) is 6.76. The van der Waals surface area contributed by atoms with E-state index in [0.29, 0.717) is 24.7 Å². The molecule has 2 rings (SSSR count). The molecule has 0 amide bonds. The third kappa shape index (κ3) is 3.58. The first-order valence-electron chi connectivity index (χ1n) is 6.88. The van der Waals surface area contributed by atoms with Crippen molar-refractivity contribution in [3.05, 3.63) is 29.3 Å². The van der Waals surface area contributed by atoms with Gasteiger partial charge in [-0.05, 0) is 44.0 Å². The lowest BCUT2D eigenvalue weighted by Gasteiger charge is -2.23. The maximum Gasteiger partial charge on any atom is 0.241 e. The Hall–Kier alpha value is -0.950. The molecular weight excluding hydrogens is 276 g/mol. The summed E-state index contributed by atoms with van der Waals surface area (Å²) in [5.74, 6) is 0. The maximum atomic E-state index is 12.5. The summed E-state index contributed by atoms with van der Waals surface area (Å²) in [6, 6.07) is 5.37. The third-order valence-corrected chi connectivity index (χ3v) is 5.26. The molecule has 1 aliphatic heterocycles. The topological polar surface area (TPSA) is 67.4 Å². The van der Waals surface area contributed by atoms with E-state index in [0.717, 1.165) is 24.0 Å². The van der Waals surface area contributed by atoms with Crippen LogP contribution < -0.4 is 10.0 Å². The van der Waals surface area contributed by atoms with Gasteiger partial charge in [-0.2, -0.15) is 0 Å². The largest absolute Gasteiger partial charge is 0.381 e. The summed E-state index contributed by atoms with van der Waals surface area (Å²) in [4.78, 5) is 0.372. The fraction of sp³-hybridized carbons (Fsp3) is 0.571. The molecule has 0 bridgehead atoms. The van der Waals surface area contributed by atoms with Crippen LogP contribution in [-0.4, -0.2) is 34.7 Å². The van der Waals surface area contributed by atoms with Crippen LogP contribution in [0, 0.1) is 6.92 Å². The number of sulfonamides is 1. The van der Waals surface area contributed by atoms with Gasteiger partial charge in [-0.3, -0.25) is 0 Å². The average Bonchev–Trinajstić information content (AvgIpc) is 2.42. The highest BCUT2D eigenvalue weighted by Gasteiger charge is 2.24. The number of rotatable bonds is 5. The lowest BCUT2D eigenvalue weighted by molar-refractivity contribution is 0.0832. The molecule has 20 heavy (non-hydrogen) atoms. The summed E-state index contributed by atoms with van der Waals surface area (Å²) in [6.07, 6.45) is 1.46. The molecule has 1 saturated heterocycles. The van der Waals surface area contributed by atoms with Crippen LogP contribution in [0.2, 0.25) is 0 Å². The van der Waals surface area contributed by atoms with Gasteiger partial charge in [0.25, 0.3) is 0 Å². The maximum absolute atomic E-state index is 12.5. The van der Waals surface area contributed by atoms with Crippen molar-refractivity contribution in [3.63, 3.8) is 0 Å². The van der Waals surface area contributed by atoms with E-state index in [1.165, 1.54) is 0 Å². The van der Waals surface area contributed by atoms with Gasteiger partial charge in [0.15, 0.2) is 0 Å². The van der Waals surface area contributed by atoms with E-state index in [9.17, 15) is 8.42 Å². The highest BCUT2D eigenvalue weighted by atomic mass is 32.2. The number of ether oxygens (including phenoxy) is 1. The van der Waals surface area contributed by atoms with Crippen molar-refractivity contribution in [3.8, 4) is 0 Å².